The van der Waals surface area contributed by atoms with Crippen LogP contribution in [0.3, 0.4) is 0 Å². The van der Waals surface area contributed by atoms with E-state index in [2.05, 4.69) is 28.8 Å². The van der Waals surface area contributed by atoms with E-state index < -0.39 is 0 Å². The fourth-order valence-corrected chi connectivity index (χ4v) is 1.52. The summed E-state index contributed by atoms with van der Waals surface area (Å²) in [6, 6.07) is 0. The molecule has 1 aliphatic rings. The van der Waals surface area contributed by atoms with Gasteiger partial charge in [0.15, 0.2) is 5.96 Å². The van der Waals surface area contributed by atoms with Crippen molar-refractivity contribution in [1.29, 1.82) is 0 Å². The Kier molecular flexibility index (Phi) is 8.70. The molecule has 1 rings (SSSR count). The summed E-state index contributed by atoms with van der Waals surface area (Å²) in [5, 5.41) is 3.41. The van der Waals surface area contributed by atoms with Gasteiger partial charge in [-0.3, -0.25) is 4.99 Å². The number of allylic oxidation sites excluding steroid dienone is 1. The Morgan fingerprint density at radius 1 is 1.56 bits per heavy atom. The van der Waals surface area contributed by atoms with E-state index in [0.29, 0.717) is 0 Å². The van der Waals surface area contributed by atoms with Gasteiger partial charge in [-0.1, -0.05) is 6.08 Å². The Morgan fingerprint density at radius 3 is 2.75 bits per heavy atom. The van der Waals surface area contributed by atoms with Crippen LogP contribution in [0.25, 0.3) is 0 Å². The lowest BCUT2D eigenvalue weighted by Gasteiger charge is -2.21. The monoisotopic (exact) mass is 337 g/mol. The molecule has 0 bridgehead atoms. The second-order valence-electron chi connectivity index (χ2n) is 4.22. The molecule has 0 radical (unpaired) electrons. The van der Waals surface area contributed by atoms with Crippen LogP contribution < -0.4 is 5.32 Å². The molecule has 16 heavy (non-hydrogen) atoms. The lowest BCUT2D eigenvalue weighted by atomic mass is 10.3. The second kappa shape index (κ2) is 8.84. The Balaban J connectivity index is 0.00000225. The first-order valence-electron chi connectivity index (χ1n) is 5.80. The summed E-state index contributed by atoms with van der Waals surface area (Å²) in [5.41, 5.74) is 0. The first-order chi connectivity index (χ1) is 7.27. The van der Waals surface area contributed by atoms with Gasteiger partial charge in [0.1, 0.15) is 0 Å². The van der Waals surface area contributed by atoms with Crippen LogP contribution >= 0.6 is 24.0 Å². The number of hydrogen-bond acceptors (Lipinski definition) is 1. The molecule has 4 heteroatoms. The molecule has 1 N–H and O–H groups in total. The third kappa shape index (κ3) is 6.35. The standard InChI is InChI=1S/C12H23N3.HI/c1-4-5-6-9-15(3)12(13-2)14-10-11-7-8-11;/h4,11H,1,5-10H2,2-3H3,(H,13,14);1H. The Labute approximate surface area is 116 Å². The van der Waals surface area contributed by atoms with Gasteiger partial charge in [0.05, 0.1) is 0 Å². The molecule has 0 heterocycles. The third-order valence-corrected chi connectivity index (χ3v) is 2.72. The topological polar surface area (TPSA) is 27.6 Å². The Hall–Kier alpha value is -0.260. The largest absolute Gasteiger partial charge is 0.356 e. The minimum Gasteiger partial charge on any atom is -0.356 e. The number of guanidine groups is 1. The van der Waals surface area contributed by atoms with E-state index in [1.54, 1.807) is 0 Å². The van der Waals surface area contributed by atoms with Gasteiger partial charge in [-0.2, -0.15) is 0 Å². The van der Waals surface area contributed by atoms with E-state index in [9.17, 15) is 0 Å². The summed E-state index contributed by atoms with van der Waals surface area (Å²) < 4.78 is 0. The van der Waals surface area contributed by atoms with Crippen LogP contribution in [0.5, 0.6) is 0 Å². The van der Waals surface area contributed by atoms with Crippen LogP contribution in [-0.2, 0) is 0 Å². The van der Waals surface area contributed by atoms with Gasteiger partial charge in [0.25, 0.3) is 0 Å². The Bertz CT molecular complexity index is 224. The number of nitrogens with one attached hydrogen (secondary N) is 1. The molecule has 94 valence electrons. The maximum atomic E-state index is 4.27. The van der Waals surface area contributed by atoms with E-state index in [1.807, 2.05) is 13.1 Å². The van der Waals surface area contributed by atoms with Gasteiger partial charge in [-0.05, 0) is 31.6 Å². The van der Waals surface area contributed by atoms with Gasteiger partial charge < -0.3 is 10.2 Å². The zero-order chi connectivity index (χ0) is 11.1. The summed E-state index contributed by atoms with van der Waals surface area (Å²) in [6.45, 7) is 5.85. The first kappa shape index (κ1) is 15.7. The van der Waals surface area contributed by atoms with Crippen LogP contribution in [0.4, 0.5) is 0 Å². The smallest absolute Gasteiger partial charge is 0.193 e. The van der Waals surface area contributed by atoms with Gasteiger partial charge in [0.2, 0.25) is 0 Å². The van der Waals surface area contributed by atoms with Gasteiger partial charge in [0, 0.05) is 27.2 Å². The number of rotatable bonds is 6. The molecule has 0 aliphatic heterocycles. The zero-order valence-corrected chi connectivity index (χ0v) is 12.7. The average Bonchev–Trinajstić information content (AvgIpc) is 3.03. The Morgan fingerprint density at radius 2 is 2.25 bits per heavy atom. The van der Waals surface area contributed by atoms with Crippen molar-refractivity contribution in [2.75, 3.05) is 27.2 Å². The minimum atomic E-state index is 0. The fraction of sp³-hybridized carbons (Fsp3) is 0.750. The highest BCUT2D eigenvalue weighted by molar-refractivity contribution is 14.0. The van der Waals surface area contributed by atoms with E-state index in [-0.39, 0.29) is 24.0 Å². The molecule has 0 aromatic carbocycles. The van der Waals surface area contributed by atoms with E-state index >= 15 is 0 Å². The lowest BCUT2D eigenvalue weighted by Crippen LogP contribution is -2.40. The molecule has 1 fully saturated rings. The first-order valence-corrected chi connectivity index (χ1v) is 5.80. The van der Waals surface area contributed by atoms with Crippen molar-refractivity contribution < 1.29 is 0 Å². The molecule has 0 atom stereocenters. The molecule has 1 aliphatic carbocycles. The highest BCUT2D eigenvalue weighted by Gasteiger charge is 2.21. The van der Waals surface area contributed by atoms with Gasteiger partial charge >= 0.3 is 0 Å². The summed E-state index contributed by atoms with van der Waals surface area (Å²) in [6.07, 6.45) is 6.94. The SMILES string of the molecule is C=CCCCN(C)C(=NC)NCC1CC1.I. The van der Waals surface area contributed by atoms with E-state index in [4.69, 9.17) is 0 Å². The normalized spacial score (nSPS) is 15.2. The predicted octanol–water partition coefficient (Wildman–Crippen LogP) is 2.49. The molecule has 0 aromatic heterocycles. The molecule has 0 saturated heterocycles. The minimum absolute atomic E-state index is 0. The summed E-state index contributed by atoms with van der Waals surface area (Å²) >= 11 is 0. The molecule has 3 nitrogen and oxygen atoms in total. The number of hydrogen-bond donors (Lipinski definition) is 1. The number of unbranched alkanes of at least 4 members (excludes halogenated alkanes) is 1. The number of aliphatic imine (C=N–C) groups is 1. The maximum absolute atomic E-state index is 4.27. The van der Waals surface area contributed by atoms with Crippen molar-refractivity contribution in [1.82, 2.24) is 10.2 Å². The van der Waals surface area contributed by atoms with Gasteiger partial charge in [-0.25, -0.2) is 0 Å². The van der Waals surface area contributed by atoms with Crippen molar-refractivity contribution in [3.63, 3.8) is 0 Å². The van der Waals surface area contributed by atoms with Crippen molar-refractivity contribution >= 4 is 29.9 Å². The zero-order valence-electron chi connectivity index (χ0n) is 10.4. The van der Waals surface area contributed by atoms with E-state index in [0.717, 1.165) is 37.8 Å². The number of nitrogens with zero attached hydrogens (tertiary/aromatic N) is 2. The molecule has 1 saturated carbocycles. The van der Waals surface area contributed by atoms with Crippen molar-refractivity contribution in [2.24, 2.45) is 10.9 Å². The van der Waals surface area contributed by atoms with Crippen LogP contribution in [0, 0.1) is 5.92 Å². The molecule has 0 aromatic rings. The maximum Gasteiger partial charge on any atom is 0.193 e. The second-order valence-corrected chi connectivity index (χ2v) is 4.22. The van der Waals surface area contributed by atoms with Crippen LogP contribution in [-0.4, -0.2) is 38.0 Å². The molecular weight excluding hydrogens is 313 g/mol. The van der Waals surface area contributed by atoms with Crippen molar-refractivity contribution in [3.8, 4) is 0 Å². The molecule has 0 spiro atoms. The highest BCUT2D eigenvalue weighted by atomic mass is 127. The van der Waals surface area contributed by atoms with Crippen LogP contribution in [0.2, 0.25) is 0 Å². The van der Waals surface area contributed by atoms with Crippen molar-refractivity contribution in [2.45, 2.75) is 25.7 Å². The van der Waals surface area contributed by atoms with Crippen LogP contribution in [0.1, 0.15) is 25.7 Å². The van der Waals surface area contributed by atoms with Crippen molar-refractivity contribution in [3.05, 3.63) is 12.7 Å². The highest BCUT2D eigenvalue weighted by Crippen LogP contribution is 2.27. The fourth-order valence-electron chi connectivity index (χ4n) is 1.52. The number of halogens is 1. The summed E-state index contributed by atoms with van der Waals surface area (Å²) in [5.74, 6) is 1.91. The van der Waals surface area contributed by atoms with Crippen LogP contribution in [0.15, 0.2) is 17.6 Å². The predicted molar refractivity (Wildman–Crippen MR) is 81.6 cm³/mol. The average molecular weight is 337 g/mol. The molecule has 0 amide bonds. The van der Waals surface area contributed by atoms with E-state index in [1.165, 1.54) is 12.8 Å². The quantitative estimate of drug-likeness (QED) is 0.265. The van der Waals surface area contributed by atoms with Gasteiger partial charge in [-0.15, -0.1) is 30.6 Å². The lowest BCUT2D eigenvalue weighted by molar-refractivity contribution is 0.468. The molecular formula is C12H24IN3. The third-order valence-electron chi connectivity index (χ3n) is 2.72. The summed E-state index contributed by atoms with van der Waals surface area (Å²) in [7, 11) is 3.94. The molecule has 0 unspecified atom stereocenters. The summed E-state index contributed by atoms with van der Waals surface area (Å²) in [4.78, 5) is 6.46.